The number of imidazole rings is 2. The number of nitrogens with zero attached hydrogens (tertiary/aromatic N) is 4. The molecule has 0 aliphatic heterocycles. The van der Waals surface area contributed by atoms with E-state index in [2.05, 4.69) is 218 Å². The second-order valence-electron chi connectivity index (χ2n) is 22.5. The number of hydrogen-bond acceptors (Lipinski definition) is 6. The third-order valence-electron chi connectivity index (χ3n) is 15.3. The normalized spacial score (nSPS) is 12.3. The summed E-state index contributed by atoms with van der Waals surface area (Å²) in [5, 5.41) is 18.5. The Morgan fingerprint density at radius 3 is 1.20 bits per heavy atom. The van der Waals surface area contributed by atoms with Crippen molar-refractivity contribution in [3.8, 4) is 11.5 Å². The zero-order valence-electron chi connectivity index (χ0n) is 48.7. The number of benzene rings is 7. The van der Waals surface area contributed by atoms with E-state index < -0.39 is 16.3 Å². The molecular weight excluding hydrogens is 1090 g/mol. The van der Waals surface area contributed by atoms with Gasteiger partial charge in [0.05, 0.1) is 54.4 Å². The number of halogens is 1. The number of carbonyl (C=O) groups excluding carboxylic acids is 1. The molecule has 0 aliphatic rings. The van der Waals surface area contributed by atoms with Crippen LogP contribution in [0.5, 0.6) is 11.5 Å². The number of rotatable bonds is 9. The second kappa shape index (κ2) is 23.9. The van der Waals surface area contributed by atoms with Crippen LogP contribution >= 0.6 is 20.8 Å². The van der Waals surface area contributed by atoms with Crippen LogP contribution in [0, 0.1) is 13.8 Å². The Balaban J connectivity index is 0.000000164. The molecule has 11 heteroatoms. The van der Waals surface area contributed by atoms with Crippen LogP contribution < -0.4 is 81.9 Å². The Labute approximate surface area is 517 Å². The van der Waals surface area contributed by atoms with Crippen LogP contribution in [0.25, 0.3) is 54.6 Å². The molecule has 0 saturated heterocycles. The van der Waals surface area contributed by atoms with Crippen molar-refractivity contribution < 1.29 is 70.8 Å². The Kier molecular flexibility index (Phi) is 18.5. The molecule has 0 bridgehead atoms. The Morgan fingerprint density at radius 1 is 0.544 bits per heavy atom. The molecule has 11 aromatic rings. The van der Waals surface area contributed by atoms with Crippen molar-refractivity contribution in [3.63, 3.8) is 0 Å². The summed E-state index contributed by atoms with van der Waals surface area (Å²) in [7, 11) is 3.37. The molecule has 0 atom stereocenters. The first-order valence-electron chi connectivity index (χ1n) is 26.4. The summed E-state index contributed by atoms with van der Waals surface area (Å²) in [6.45, 7) is 27.8. The van der Waals surface area contributed by atoms with Crippen molar-refractivity contribution >= 4 is 97.1 Å². The summed E-state index contributed by atoms with van der Waals surface area (Å²) in [4.78, 5) is 21.8. The smallest absolute Gasteiger partial charge is 1.00 e. The first-order chi connectivity index (χ1) is 36.8. The average molecular weight is 1160 g/mol. The van der Waals surface area contributed by atoms with E-state index in [-0.39, 0.29) is 62.6 Å². The predicted octanol–water partition coefficient (Wildman–Crippen LogP) is 12.2. The summed E-state index contributed by atoms with van der Waals surface area (Å²) in [5.41, 5.74) is 8.13. The van der Waals surface area contributed by atoms with E-state index in [1.807, 2.05) is 44.4 Å². The van der Waals surface area contributed by atoms with Crippen molar-refractivity contribution in [2.75, 3.05) is 20.9 Å². The molecule has 0 unspecified atom stereocenters. The van der Waals surface area contributed by atoms with Gasteiger partial charge < -0.3 is 14.6 Å². The third kappa shape index (κ3) is 11.8. The summed E-state index contributed by atoms with van der Waals surface area (Å²) in [6.07, 6.45) is 3.82. The predicted molar refractivity (Wildman–Crippen MR) is 334 cm³/mol. The third-order valence-corrected chi connectivity index (χ3v) is 23.6. The van der Waals surface area contributed by atoms with Gasteiger partial charge in [0.25, 0.3) is 0 Å². The number of ketones is 1. The van der Waals surface area contributed by atoms with E-state index in [1.54, 1.807) is 41.9 Å². The maximum atomic E-state index is 12.3. The van der Waals surface area contributed by atoms with Gasteiger partial charge in [0, 0.05) is 27.0 Å². The number of ether oxygens (including phenoxy) is 2. The summed E-state index contributed by atoms with van der Waals surface area (Å²) >= 11 is 4.24. The fourth-order valence-electron chi connectivity index (χ4n) is 10.1. The van der Waals surface area contributed by atoms with Crippen LogP contribution in [-0.2, 0) is 15.6 Å². The van der Waals surface area contributed by atoms with Crippen molar-refractivity contribution in [1.82, 2.24) is 18.8 Å². The Hall–Kier alpha value is -5.52. The fraction of sp³-hybridized carbons (Fsp3) is 0.250. The number of pyridine rings is 2. The first kappa shape index (κ1) is 61.1. The average Bonchev–Trinajstić information content (AvgIpc) is 4.24. The van der Waals surface area contributed by atoms with Gasteiger partial charge in [0.15, 0.2) is 0 Å². The number of methoxy groups -OCH3 is 2. The number of allylic oxidation sites excluding steroid dienone is 1. The number of carbonyl (C=O) groups is 1. The summed E-state index contributed by atoms with van der Waals surface area (Å²) < 4.78 is 15.3. The molecular formula is C68H73BrKN4O4P. The molecule has 0 aliphatic carbocycles. The van der Waals surface area contributed by atoms with Gasteiger partial charge in [-0.3, -0.25) is 13.6 Å². The summed E-state index contributed by atoms with van der Waals surface area (Å²) in [5.74, 6) is 1.75. The van der Waals surface area contributed by atoms with Crippen LogP contribution in [0.4, 0.5) is 0 Å². The Bertz CT molecular complexity index is 3710. The molecule has 79 heavy (non-hydrogen) atoms. The monoisotopic (exact) mass is 1160 g/mol. The molecule has 7 aromatic carbocycles. The molecule has 11 rings (SSSR count). The van der Waals surface area contributed by atoms with Crippen LogP contribution in [0.1, 0.15) is 84.8 Å². The van der Waals surface area contributed by atoms with Crippen molar-refractivity contribution in [3.05, 3.63) is 211 Å². The van der Waals surface area contributed by atoms with E-state index in [0.717, 1.165) is 61.4 Å². The minimum Gasteiger partial charge on any atom is 1.00 e. The van der Waals surface area contributed by atoms with Crippen molar-refractivity contribution in [2.24, 2.45) is 0 Å². The fourth-order valence-corrected chi connectivity index (χ4v) is 15.8. The molecule has 0 fully saturated rings. The zero-order chi connectivity index (χ0) is 56.6. The van der Waals surface area contributed by atoms with Gasteiger partial charge in [0.2, 0.25) is 0 Å². The second-order valence-corrected chi connectivity index (χ2v) is 32.2. The number of Topliss-reactive ketones (excluding diaryl/α,β-unsaturated/α-hetero) is 1. The minimum atomic E-state index is -2.56. The maximum Gasteiger partial charge on any atom is 1.00 e. The summed E-state index contributed by atoms with van der Waals surface area (Å²) in [6, 6.07) is 57.4. The van der Waals surface area contributed by atoms with E-state index in [4.69, 9.17) is 19.4 Å². The maximum absolute atomic E-state index is 12.3. The van der Waals surface area contributed by atoms with Crippen LogP contribution in [-0.4, -0.2) is 51.0 Å². The van der Waals surface area contributed by atoms with E-state index in [1.165, 1.54) is 48.7 Å². The van der Waals surface area contributed by atoms with Crippen LogP contribution in [0.2, 0.25) is 0 Å². The first-order valence-corrected chi connectivity index (χ1v) is 31.1. The standard InChI is InChI=1S/C23H24N2O.C22H22N2O2.C19H18BrP.C4H9O.K/c1-14(2)23(4,5)20-13-24-22-18-12-16(26-6)10-11-17(18)21-15(3)8-7-9-19(21)25(20)22;1-13-7-6-8-18-20(13)16-10-9-15(26-5)11-17(16)21-23-12-19(24(18)21)22(3,4)14(2)25;1-21(20,17-11-5-2-6-12-17,18-13-7-3-8-14-18)19-15-9-4-10-16-19;1-4(2,3)5;/h7-13H,1H2,2-6H3;6-12H,1-5H3;2-16H,1H3;1-3H3;/q;;;-1;+1. The zero-order valence-corrected chi connectivity index (χ0v) is 54.3. The van der Waals surface area contributed by atoms with E-state index >= 15 is 0 Å². The van der Waals surface area contributed by atoms with Gasteiger partial charge in [-0.15, -0.1) is 5.60 Å². The number of aryl methyl sites for hydroxylation is 2. The number of aromatic nitrogens is 4. The van der Waals surface area contributed by atoms with E-state index in [0.29, 0.717) is 0 Å². The molecule has 402 valence electrons. The number of hydrogen-bond donors (Lipinski definition) is 0. The van der Waals surface area contributed by atoms with E-state index in [9.17, 15) is 9.90 Å². The number of fused-ring (bicyclic) bond motifs is 12. The quantitative estimate of drug-likeness (QED) is 0.0619. The van der Waals surface area contributed by atoms with Crippen molar-refractivity contribution in [2.45, 2.75) is 92.6 Å². The Morgan fingerprint density at radius 2 is 0.886 bits per heavy atom. The van der Waals surface area contributed by atoms with Crippen LogP contribution in [0.15, 0.2) is 188 Å². The van der Waals surface area contributed by atoms with Crippen LogP contribution in [0.3, 0.4) is 0 Å². The van der Waals surface area contributed by atoms with Gasteiger partial charge >= 0.3 is 186 Å². The molecule has 0 radical (unpaired) electrons. The molecule has 0 N–H and O–H groups in total. The van der Waals surface area contributed by atoms with Gasteiger partial charge in [-0.05, 0) is 112 Å². The molecule has 8 nitrogen and oxygen atoms in total. The molecule has 0 amide bonds. The van der Waals surface area contributed by atoms with Gasteiger partial charge in [-0.25, -0.2) is 9.97 Å². The van der Waals surface area contributed by atoms with Gasteiger partial charge in [-0.2, -0.15) is 0 Å². The minimum absolute atomic E-state index is 0. The molecule has 4 heterocycles. The van der Waals surface area contributed by atoms with Gasteiger partial charge in [0.1, 0.15) is 28.6 Å². The molecule has 0 spiro atoms. The topological polar surface area (TPSA) is 93.2 Å². The largest absolute Gasteiger partial charge is 1.00 e. The van der Waals surface area contributed by atoms with Crippen molar-refractivity contribution in [1.29, 1.82) is 0 Å². The SMILES string of the molecule is C=C(C)C(C)(C)c1cnc2c3cc(OC)ccc3c3c(C)cccc3n12.CC(C)(C)[O-].COc1ccc2c(c1)c1ncc(C(C)(C)C(C)=O)n1c1cccc(C)c21.CP(Br)(c1ccccc1)(c1ccccc1)c1ccccc1.[K+]. The van der Waals surface area contributed by atoms with Gasteiger partial charge in [-0.1, -0.05) is 71.0 Å². The molecule has 4 aromatic heterocycles. The molecule has 0 saturated carbocycles.